The van der Waals surface area contributed by atoms with Gasteiger partial charge in [-0.15, -0.1) is 0 Å². The Bertz CT molecular complexity index is 1040. The zero-order valence-electron chi connectivity index (χ0n) is 16.7. The van der Waals surface area contributed by atoms with Crippen molar-refractivity contribution < 1.29 is 18.0 Å². The van der Waals surface area contributed by atoms with Crippen LogP contribution in [0.4, 0.5) is 5.13 Å². The standard InChI is InChI=1S/C20H25N3O4S2/c1-4-5-9-21-29(26,27)14-8-6-7-13(10-14)18(25)23-19-22-15-11-20(2,3)12-16(24)17(15)28-19/h6-8,10,21H,4-5,9,11-12H2,1-3H3,(H,22,23,25). The number of benzene rings is 1. The highest BCUT2D eigenvalue weighted by molar-refractivity contribution is 7.89. The number of rotatable bonds is 7. The summed E-state index contributed by atoms with van der Waals surface area (Å²) in [7, 11) is -3.67. The van der Waals surface area contributed by atoms with Crippen molar-refractivity contribution in [1.82, 2.24) is 9.71 Å². The molecule has 29 heavy (non-hydrogen) atoms. The summed E-state index contributed by atoms with van der Waals surface area (Å²) in [6.07, 6.45) is 2.75. The van der Waals surface area contributed by atoms with Gasteiger partial charge in [0, 0.05) is 18.5 Å². The zero-order valence-corrected chi connectivity index (χ0v) is 18.4. The third kappa shape index (κ3) is 5.09. The zero-order chi connectivity index (χ0) is 21.2. The van der Waals surface area contributed by atoms with Crippen molar-refractivity contribution in [3.05, 3.63) is 40.4 Å². The summed E-state index contributed by atoms with van der Waals surface area (Å²) < 4.78 is 27.3. The van der Waals surface area contributed by atoms with E-state index >= 15 is 0 Å². The highest BCUT2D eigenvalue weighted by Gasteiger charge is 2.34. The Hall–Kier alpha value is -2.10. The first kappa shape index (κ1) is 21.6. The molecule has 0 unspecified atom stereocenters. The number of carbonyl (C=O) groups is 2. The SMILES string of the molecule is CCCCNS(=O)(=O)c1cccc(C(=O)Nc2nc3c(s2)C(=O)CC(C)(C)C3)c1. The number of hydrogen-bond donors (Lipinski definition) is 2. The van der Waals surface area contributed by atoms with Crippen molar-refractivity contribution in [2.24, 2.45) is 5.41 Å². The molecule has 0 saturated heterocycles. The van der Waals surface area contributed by atoms with E-state index in [4.69, 9.17) is 0 Å². The van der Waals surface area contributed by atoms with E-state index < -0.39 is 15.9 Å². The smallest absolute Gasteiger partial charge is 0.257 e. The topological polar surface area (TPSA) is 105 Å². The molecule has 2 aromatic rings. The van der Waals surface area contributed by atoms with E-state index in [0.717, 1.165) is 12.8 Å². The maximum Gasteiger partial charge on any atom is 0.257 e. The Morgan fingerprint density at radius 1 is 1.28 bits per heavy atom. The Morgan fingerprint density at radius 2 is 2.03 bits per heavy atom. The molecule has 9 heteroatoms. The van der Waals surface area contributed by atoms with Gasteiger partial charge in [-0.05, 0) is 36.5 Å². The molecule has 0 aliphatic heterocycles. The van der Waals surface area contributed by atoms with Gasteiger partial charge in [-0.2, -0.15) is 0 Å². The third-order valence-electron chi connectivity index (χ3n) is 4.69. The summed E-state index contributed by atoms with van der Waals surface area (Å²) in [6, 6.07) is 5.86. The fourth-order valence-corrected chi connectivity index (χ4v) is 5.25. The van der Waals surface area contributed by atoms with Crippen LogP contribution in [0.2, 0.25) is 0 Å². The van der Waals surface area contributed by atoms with Gasteiger partial charge in [0.15, 0.2) is 10.9 Å². The van der Waals surface area contributed by atoms with Crippen molar-refractivity contribution in [3.63, 3.8) is 0 Å². The van der Waals surface area contributed by atoms with E-state index in [1.165, 1.54) is 29.5 Å². The first-order valence-electron chi connectivity index (χ1n) is 9.55. The summed E-state index contributed by atoms with van der Waals surface area (Å²) in [5.41, 5.74) is 0.776. The van der Waals surface area contributed by atoms with E-state index in [0.29, 0.717) is 35.1 Å². The largest absolute Gasteiger partial charge is 0.298 e. The molecule has 156 valence electrons. The van der Waals surface area contributed by atoms with Crippen LogP contribution in [0.5, 0.6) is 0 Å². The first-order valence-corrected chi connectivity index (χ1v) is 11.9. The van der Waals surface area contributed by atoms with Crippen LogP contribution in [0.25, 0.3) is 0 Å². The van der Waals surface area contributed by atoms with Gasteiger partial charge in [0.1, 0.15) is 0 Å². The second kappa shape index (κ2) is 8.33. The van der Waals surface area contributed by atoms with Crippen molar-refractivity contribution in [3.8, 4) is 0 Å². The number of Topliss-reactive ketones (excluding diaryl/α,β-unsaturated/α-hetero) is 1. The van der Waals surface area contributed by atoms with Crippen LogP contribution in [0.1, 0.15) is 65.8 Å². The number of carbonyl (C=O) groups excluding carboxylic acids is 2. The number of aromatic nitrogens is 1. The predicted octanol–water partition coefficient (Wildman–Crippen LogP) is 3.63. The van der Waals surface area contributed by atoms with Gasteiger partial charge in [-0.3, -0.25) is 14.9 Å². The third-order valence-corrected chi connectivity index (χ3v) is 7.20. The van der Waals surface area contributed by atoms with Crippen LogP contribution in [-0.2, 0) is 16.4 Å². The van der Waals surface area contributed by atoms with Gasteiger partial charge in [0.2, 0.25) is 10.0 Å². The Balaban J connectivity index is 1.76. The van der Waals surface area contributed by atoms with Crippen molar-refractivity contribution in [2.45, 2.75) is 51.3 Å². The molecule has 0 saturated carbocycles. The number of hydrogen-bond acceptors (Lipinski definition) is 6. The molecular weight excluding hydrogens is 410 g/mol. The number of amides is 1. The van der Waals surface area contributed by atoms with E-state index in [1.807, 2.05) is 20.8 Å². The molecule has 7 nitrogen and oxygen atoms in total. The summed E-state index contributed by atoms with van der Waals surface area (Å²) in [4.78, 5) is 30.0. The minimum absolute atomic E-state index is 0.0385. The maximum absolute atomic E-state index is 12.6. The Labute approximate surface area is 175 Å². The molecule has 0 atom stereocenters. The summed E-state index contributed by atoms with van der Waals surface area (Å²) in [6.45, 7) is 6.37. The number of anilines is 1. The van der Waals surface area contributed by atoms with Crippen molar-refractivity contribution in [2.75, 3.05) is 11.9 Å². The molecule has 1 aliphatic rings. The molecule has 1 heterocycles. The van der Waals surface area contributed by atoms with Gasteiger partial charge < -0.3 is 0 Å². The number of sulfonamides is 1. The number of unbranched alkanes of at least 4 members (excludes halogenated alkanes) is 1. The van der Waals surface area contributed by atoms with Crippen LogP contribution in [0.3, 0.4) is 0 Å². The van der Waals surface area contributed by atoms with Crippen LogP contribution >= 0.6 is 11.3 Å². The maximum atomic E-state index is 12.6. The molecule has 1 amide bonds. The minimum Gasteiger partial charge on any atom is -0.298 e. The Kier molecular flexibility index (Phi) is 6.21. The van der Waals surface area contributed by atoms with Gasteiger partial charge in [-0.25, -0.2) is 18.1 Å². The second-order valence-electron chi connectivity index (χ2n) is 7.97. The van der Waals surface area contributed by atoms with Crippen LogP contribution in [0, 0.1) is 5.41 Å². The quantitative estimate of drug-likeness (QED) is 0.646. The monoisotopic (exact) mass is 435 g/mol. The lowest BCUT2D eigenvalue weighted by atomic mass is 9.78. The molecule has 0 spiro atoms. The normalized spacial score (nSPS) is 15.8. The fourth-order valence-electron chi connectivity index (χ4n) is 3.21. The molecule has 1 aliphatic carbocycles. The molecule has 0 fully saturated rings. The number of nitrogens with one attached hydrogen (secondary N) is 2. The Morgan fingerprint density at radius 3 is 2.76 bits per heavy atom. The molecule has 0 radical (unpaired) electrons. The molecule has 3 rings (SSSR count). The van der Waals surface area contributed by atoms with Gasteiger partial charge in [-0.1, -0.05) is 44.6 Å². The molecule has 2 N–H and O–H groups in total. The number of thiazole rings is 1. The lowest BCUT2D eigenvalue weighted by Gasteiger charge is -2.26. The van der Waals surface area contributed by atoms with Gasteiger partial charge >= 0.3 is 0 Å². The van der Waals surface area contributed by atoms with E-state index in [9.17, 15) is 18.0 Å². The number of nitrogens with zero attached hydrogens (tertiary/aromatic N) is 1. The lowest BCUT2D eigenvalue weighted by Crippen LogP contribution is -2.26. The summed E-state index contributed by atoms with van der Waals surface area (Å²) in [5, 5.41) is 3.04. The molecule has 0 bridgehead atoms. The van der Waals surface area contributed by atoms with Gasteiger partial charge in [0.25, 0.3) is 5.91 Å². The summed E-state index contributed by atoms with van der Waals surface area (Å²) in [5.74, 6) is -0.422. The average Bonchev–Trinajstić information content (AvgIpc) is 3.03. The van der Waals surface area contributed by atoms with Crippen LogP contribution in [0.15, 0.2) is 29.2 Å². The number of fused-ring (bicyclic) bond motifs is 1. The van der Waals surface area contributed by atoms with Crippen LogP contribution < -0.4 is 10.0 Å². The van der Waals surface area contributed by atoms with Gasteiger partial charge in [0.05, 0.1) is 15.5 Å². The minimum atomic E-state index is -3.67. The first-order chi connectivity index (χ1) is 13.6. The summed E-state index contributed by atoms with van der Waals surface area (Å²) >= 11 is 1.17. The van der Waals surface area contributed by atoms with E-state index in [1.54, 1.807) is 6.07 Å². The van der Waals surface area contributed by atoms with Crippen molar-refractivity contribution >= 4 is 38.2 Å². The fraction of sp³-hybridized carbons (Fsp3) is 0.450. The average molecular weight is 436 g/mol. The van der Waals surface area contributed by atoms with Crippen molar-refractivity contribution in [1.29, 1.82) is 0 Å². The highest BCUT2D eigenvalue weighted by atomic mass is 32.2. The highest BCUT2D eigenvalue weighted by Crippen LogP contribution is 2.38. The number of ketones is 1. The lowest BCUT2D eigenvalue weighted by molar-refractivity contribution is 0.0915. The molecule has 1 aromatic heterocycles. The van der Waals surface area contributed by atoms with Crippen LogP contribution in [-0.4, -0.2) is 31.6 Å². The predicted molar refractivity (Wildman–Crippen MR) is 113 cm³/mol. The van der Waals surface area contributed by atoms with E-state index in [-0.39, 0.29) is 21.7 Å². The molecule has 1 aromatic carbocycles. The second-order valence-corrected chi connectivity index (χ2v) is 10.7. The van der Waals surface area contributed by atoms with E-state index in [2.05, 4.69) is 15.0 Å². The molecular formula is C20H25N3O4S2.